The van der Waals surface area contributed by atoms with Crippen molar-refractivity contribution in [2.45, 2.75) is 86.3 Å². The van der Waals surface area contributed by atoms with E-state index in [1.165, 1.54) is 10.8 Å². The standard InChI is InChI=1S/C49H54N4O5S2/c1-35(52-33-39(31-41-13-11-25-50(41)3)45-29-37(19-21-47(45)52)23-27-59(55,56)43-15-7-5-8-16-43)49(54)36(2)53-34-40(32-42-14-12-26-51(42)4)46-30-38(20-22-48(46)53)24-28-60(57,58)44-17-9-6-10-18-44/h5-10,15-24,27-30,33-36,41-42H,11-14,25-26,31-32H2,1-4H3/b27-23+,28-24+/t35?,36?,41-,42-/m1/s1. The lowest BCUT2D eigenvalue weighted by atomic mass is 10.0. The van der Waals surface area contributed by atoms with E-state index in [1.54, 1.807) is 72.8 Å². The Labute approximate surface area is 354 Å². The highest BCUT2D eigenvalue weighted by Crippen LogP contribution is 2.35. The lowest BCUT2D eigenvalue weighted by Crippen LogP contribution is -2.27. The topological polar surface area (TPSA) is 102 Å². The number of sulfone groups is 2. The summed E-state index contributed by atoms with van der Waals surface area (Å²) in [5, 5.41) is 4.58. The molecule has 0 saturated carbocycles. The maximum Gasteiger partial charge on any atom is 0.199 e. The Balaban J connectivity index is 1.12. The minimum Gasteiger partial charge on any atom is -0.337 e. The van der Waals surface area contributed by atoms with Crippen molar-refractivity contribution in [3.63, 3.8) is 0 Å². The molecule has 4 atom stereocenters. The molecule has 4 heterocycles. The zero-order valence-corrected chi connectivity index (χ0v) is 36.4. The van der Waals surface area contributed by atoms with E-state index in [-0.39, 0.29) is 15.6 Å². The number of likely N-dealkylation sites (tertiary alicyclic amines) is 2. The van der Waals surface area contributed by atoms with Gasteiger partial charge in [0.15, 0.2) is 25.5 Å². The average Bonchev–Trinajstić information content (AvgIpc) is 4.05. The Morgan fingerprint density at radius 1 is 0.617 bits per heavy atom. The maximum absolute atomic E-state index is 14.8. The van der Waals surface area contributed by atoms with Crippen molar-refractivity contribution in [3.05, 3.63) is 143 Å². The van der Waals surface area contributed by atoms with Crippen molar-refractivity contribution >= 4 is 59.4 Å². The molecule has 2 aromatic heterocycles. The molecule has 2 fully saturated rings. The van der Waals surface area contributed by atoms with Crippen LogP contribution in [-0.4, -0.2) is 80.8 Å². The van der Waals surface area contributed by atoms with E-state index in [2.05, 4.69) is 57.6 Å². The van der Waals surface area contributed by atoms with Gasteiger partial charge in [-0.15, -0.1) is 0 Å². The van der Waals surface area contributed by atoms with E-state index in [1.807, 2.05) is 38.1 Å². The van der Waals surface area contributed by atoms with E-state index in [0.717, 1.165) is 95.7 Å². The van der Waals surface area contributed by atoms with Crippen molar-refractivity contribution < 1.29 is 21.6 Å². The van der Waals surface area contributed by atoms with Crippen LogP contribution in [0.15, 0.2) is 130 Å². The molecular formula is C49H54N4O5S2. The summed E-state index contributed by atoms with van der Waals surface area (Å²) in [4.78, 5) is 20.1. The molecule has 11 heteroatoms. The number of carbonyl (C=O) groups excluding carboxylic acids is 1. The highest BCUT2D eigenvalue weighted by molar-refractivity contribution is 7.94. The van der Waals surface area contributed by atoms with Gasteiger partial charge in [0.2, 0.25) is 0 Å². The molecule has 0 aliphatic carbocycles. The van der Waals surface area contributed by atoms with Crippen LogP contribution in [0.4, 0.5) is 0 Å². The number of ketones is 1. The van der Waals surface area contributed by atoms with Gasteiger partial charge in [-0.2, -0.15) is 0 Å². The van der Waals surface area contributed by atoms with E-state index in [9.17, 15) is 21.6 Å². The van der Waals surface area contributed by atoms with Gasteiger partial charge in [-0.1, -0.05) is 48.5 Å². The molecular weight excluding hydrogens is 789 g/mol. The van der Waals surface area contributed by atoms with Gasteiger partial charge < -0.3 is 18.9 Å². The van der Waals surface area contributed by atoms with Crippen LogP contribution in [0.5, 0.6) is 0 Å². The zero-order chi connectivity index (χ0) is 42.2. The highest BCUT2D eigenvalue weighted by atomic mass is 32.2. The molecule has 2 aliphatic rings. The fourth-order valence-electron chi connectivity index (χ4n) is 9.18. The Kier molecular flexibility index (Phi) is 11.9. The molecule has 4 aromatic carbocycles. The van der Waals surface area contributed by atoms with Crippen LogP contribution in [0, 0.1) is 0 Å². The molecule has 0 radical (unpaired) electrons. The van der Waals surface area contributed by atoms with Crippen LogP contribution in [0.3, 0.4) is 0 Å². The quantitative estimate of drug-likeness (QED) is 0.108. The minimum absolute atomic E-state index is 0.0636. The molecule has 8 rings (SSSR count). The third-order valence-corrected chi connectivity index (χ3v) is 15.7. The summed E-state index contributed by atoms with van der Waals surface area (Å²) in [6, 6.07) is 28.6. The number of hydrogen-bond acceptors (Lipinski definition) is 7. The van der Waals surface area contributed by atoms with Gasteiger partial charge in [-0.3, -0.25) is 4.79 Å². The third kappa shape index (κ3) is 8.59. The monoisotopic (exact) mass is 842 g/mol. The van der Waals surface area contributed by atoms with Gasteiger partial charge in [-0.25, -0.2) is 16.8 Å². The highest BCUT2D eigenvalue weighted by Gasteiger charge is 2.29. The molecule has 0 N–H and O–H groups in total. The second kappa shape index (κ2) is 17.1. The fourth-order valence-corrected chi connectivity index (χ4v) is 11.2. The van der Waals surface area contributed by atoms with E-state index < -0.39 is 31.8 Å². The first-order valence-electron chi connectivity index (χ1n) is 21.0. The summed E-state index contributed by atoms with van der Waals surface area (Å²) in [5.74, 6) is 0.0636. The number of fused-ring (bicyclic) bond motifs is 2. The number of rotatable bonds is 14. The van der Waals surface area contributed by atoms with Crippen molar-refractivity contribution in [3.8, 4) is 0 Å². The van der Waals surface area contributed by atoms with Gasteiger partial charge in [0, 0.05) is 57.1 Å². The van der Waals surface area contributed by atoms with Gasteiger partial charge in [0.25, 0.3) is 0 Å². The van der Waals surface area contributed by atoms with E-state index in [0.29, 0.717) is 12.1 Å². The molecule has 0 bridgehead atoms. The summed E-state index contributed by atoms with van der Waals surface area (Å²) in [5.41, 5.74) is 5.71. The number of nitrogens with zero attached hydrogens (tertiary/aromatic N) is 4. The van der Waals surface area contributed by atoms with Gasteiger partial charge >= 0.3 is 0 Å². The normalized spacial score (nSPS) is 19.3. The first kappa shape index (κ1) is 41.7. The lowest BCUT2D eigenvalue weighted by Gasteiger charge is -2.21. The average molecular weight is 843 g/mol. The van der Waals surface area contributed by atoms with Crippen LogP contribution in [0.25, 0.3) is 34.0 Å². The second-order valence-corrected chi connectivity index (χ2v) is 20.4. The van der Waals surface area contributed by atoms with Crippen LogP contribution >= 0.6 is 0 Å². The van der Waals surface area contributed by atoms with Crippen molar-refractivity contribution in [2.75, 3.05) is 27.2 Å². The van der Waals surface area contributed by atoms with E-state index >= 15 is 0 Å². The number of Topliss-reactive ketones (excluding diaryl/α,β-unsaturated/α-hetero) is 1. The summed E-state index contributed by atoms with van der Waals surface area (Å²) in [7, 11) is -2.90. The molecule has 6 aromatic rings. The molecule has 2 saturated heterocycles. The van der Waals surface area contributed by atoms with Crippen LogP contribution < -0.4 is 0 Å². The number of aromatic nitrogens is 2. The molecule has 2 unspecified atom stereocenters. The van der Waals surface area contributed by atoms with E-state index in [4.69, 9.17) is 0 Å². The van der Waals surface area contributed by atoms with Gasteiger partial charge in [0.1, 0.15) is 0 Å². The molecule has 0 spiro atoms. The number of carbonyl (C=O) groups is 1. The minimum atomic E-state index is -3.62. The maximum atomic E-state index is 14.8. The Morgan fingerprint density at radius 2 is 1.02 bits per heavy atom. The van der Waals surface area contributed by atoms with Crippen molar-refractivity contribution in [1.82, 2.24) is 18.9 Å². The second-order valence-electron chi connectivity index (χ2n) is 16.7. The lowest BCUT2D eigenvalue weighted by molar-refractivity contribution is -0.124. The zero-order valence-electron chi connectivity index (χ0n) is 34.8. The molecule has 312 valence electrons. The van der Waals surface area contributed by atoms with Crippen molar-refractivity contribution in [1.29, 1.82) is 0 Å². The molecule has 0 amide bonds. The summed E-state index contributed by atoms with van der Waals surface area (Å²) >= 11 is 0. The SMILES string of the molecule is CC(C(=O)C(C)n1cc(C[C@H]2CCCN2C)c2cc(/C=C/S(=O)(=O)c3ccccc3)ccc21)n1cc(C[C@H]2CCCN2C)c2cc(/C=C/S(=O)(=O)c3ccccc3)ccc21. The largest absolute Gasteiger partial charge is 0.337 e. The first-order chi connectivity index (χ1) is 28.8. The van der Waals surface area contributed by atoms with Gasteiger partial charge in [0.05, 0.1) is 21.9 Å². The van der Waals surface area contributed by atoms with Gasteiger partial charge in [-0.05, 0) is 162 Å². The molecule has 9 nitrogen and oxygen atoms in total. The first-order valence-corrected chi connectivity index (χ1v) is 24.1. The van der Waals surface area contributed by atoms with Crippen LogP contribution in [-0.2, 0) is 37.3 Å². The van der Waals surface area contributed by atoms with Crippen LogP contribution in [0.1, 0.15) is 73.9 Å². The number of benzene rings is 4. The number of hydrogen-bond donors (Lipinski definition) is 0. The van der Waals surface area contributed by atoms with Crippen molar-refractivity contribution in [2.24, 2.45) is 0 Å². The molecule has 2 aliphatic heterocycles. The smallest absolute Gasteiger partial charge is 0.199 e. The number of likely N-dealkylation sites (N-methyl/N-ethyl adjacent to an activating group) is 2. The fraction of sp³-hybridized carbons (Fsp3) is 0.327. The third-order valence-electron chi connectivity index (χ3n) is 12.8. The molecule has 60 heavy (non-hydrogen) atoms. The Morgan fingerprint density at radius 3 is 1.38 bits per heavy atom. The summed E-state index contributed by atoms with van der Waals surface area (Å²) in [6.45, 7) is 6.05. The Bertz CT molecular complexity index is 2620. The predicted molar refractivity (Wildman–Crippen MR) is 242 cm³/mol. The predicted octanol–water partition coefficient (Wildman–Crippen LogP) is 9.15. The summed E-state index contributed by atoms with van der Waals surface area (Å²) < 4.78 is 56.6. The summed E-state index contributed by atoms with van der Waals surface area (Å²) in [6.07, 6.45) is 13.7. The van der Waals surface area contributed by atoms with Crippen LogP contribution in [0.2, 0.25) is 0 Å². The Hall–Kier alpha value is -5.07.